The average Bonchev–Trinajstić information content (AvgIpc) is 2.36. The molecule has 0 saturated carbocycles. The zero-order chi connectivity index (χ0) is 16.2. The van der Waals surface area contributed by atoms with Gasteiger partial charge in [0.25, 0.3) is 5.91 Å². The normalized spacial score (nSPS) is 12.5. The molecular formula is C12H11F3N2O4. The van der Waals surface area contributed by atoms with Crippen molar-refractivity contribution in [2.45, 2.75) is 18.6 Å². The van der Waals surface area contributed by atoms with Gasteiger partial charge in [0.15, 0.2) is 0 Å². The molecular weight excluding hydrogens is 293 g/mol. The number of carbonyl (C=O) groups is 3. The zero-order valence-electron chi connectivity index (χ0n) is 10.5. The van der Waals surface area contributed by atoms with Crippen LogP contribution in [0.5, 0.6) is 0 Å². The van der Waals surface area contributed by atoms with Crippen molar-refractivity contribution in [2.24, 2.45) is 5.73 Å². The number of halogens is 3. The number of aliphatic carboxylic acids is 1. The van der Waals surface area contributed by atoms with Crippen LogP contribution in [0.2, 0.25) is 0 Å². The van der Waals surface area contributed by atoms with Gasteiger partial charge in [-0.2, -0.15) is 13.2 Å². The number of carboxylic acids is 1. The number of nitrogens with two attached hydrogens (primary N) is 1. The van der Waals surface area contributed by atoms with Gasteiger partial charge in [-0.1, -0.05) is 0 Å². The zero-order valence-corrected chi connectivity index (χ0v) is 10.5. The Morgan fingerprint density at radius 1 is 1.19 bits per heavy atom. The highest BCUT2D eigenvalue weighted by Crippen LogP contribution is 2.29. The smallest absolute Gasteiger partial charge is 0.416 e. The quantitative estimate of drug-likeness (QED) is 0.746. The maximum Gasteiger partial charge on any atom is 0.416 e. The minimum Gasteiger partial charge on any atom is -0.480 e. The molecule has 114 valence electrons. The van der Waals surface area contributed by atoms with Gasteiger partial charge < -0.3 is 16.2 Å². The van der Waals surface area contributed by atoms with Crippen LogP contribution in [0, 0.1) is 0 Å². The van der Waals surface area contributed by atoms with Gasteiger partial charge in [0.05, 0.1) is 12.0 Å². The van der Waals surface area contributed by atoms with E-state index in [2.05, 4.69) is 0 Å². The van der Waals surface area contributed by atoms with Crippen LogP contribution in [-0.4, -0.2) is 28.9 Å². The Balaban J connectivity index is 2.83. The first-order chi connectivity index (χ1) is 9.61. The molecule has 4 N–H and O–H groups in total. The third-order valence-electron chi connectivity index (χ3n) is 2.48. The number of alkyl halides is 3. The third kappa shape index (κ3) is 4.79. The largest absolute Gasteiger partial charge is 0.480 e. The Labute approximate surface area is 116 Å². The molecule has 0 aliphatic heterocycles. The predicted octanol–water partition coefficient (Wildman–Crippen LogP) is 0.764. The average molecular weight is 304 g/mol. The Kier molecular flexibility index (Phi) is 4.90. The highest BCUT2D eigenvalue weighted by molar-refractivity contribution is 5.97. The summed E-state index contributed by atoms with van der Waals surface area (Å²) in [6.45, 7) is 0. The predicted molar refractivity (Wildman–Crippen MR) is 64.1 cm³/mol. The van der Waals surface area contributed by atoms with Gasteiger partial charge in [0.1, 0.15) is 6.04 Å². The van der Waals surface area contributed by atoms with Crippen molar-refractivity contribution >= 4 is 17.8 Å². The molecule has 0 fully saturated rings. The molecule has 0 unspecified atom stereocenters. The van der Waals surface area contributed by atoms with Crippen LogP contribution >= 0.6 is 0 Å². The topological polar surface area (TPSA) is 109 Å². The summed E-state index contributed by atoms with van der Waals surface area (Å²) in [6.07, 6.45) is -5.16. The van der Waals surface area contributed by atoms with Crippen molar-refractivity contribution in [3.8, 4) is 0 Å². The Morgan fingerprint density at radius 2 is 1.71 bits per heavy atom. The molecule has 1 aromatic carbocycles. The molecule has 1 atom stereocenters. The molecule has 0 aliphatic carbocycles. The van der Waals surface area contributed by atoms with E-state index in [1.54, 1.807) is 0 Å². The number of primary amides is 1. The van der Waals surface area contributed by atoms with Gasteiger partial charge in [-0.15, -0.1) is 0 Å². The van der Waals surface area contributed by atoms with Crippen molar-refractivity contribution < 1.29 is 32.7 Å². The number of amides is 2. The second-order valence-corrected chi connectivity index (χ2v) is 4.11. The van der Waals surface area contributed by atoms with E-state index in [1.807, 2.05) is 5.32 Å². The van der Waals surface area contributed by atoms with E-state index in [1.165, 1.54) is 0 Å². The number of hydrogen-bond donors (Lipinski definition) is 3. The summed E-state index contributed by atoms with van der Waals surface area (Å²) in [7, 11) is 0. The van der Waals surface area contributed by atoms with Crippen molar-refractivity contribution in [3.63, 3.8) is 0 Å². The summed E-state index contributed by atoms with van der Waals surface area (Å²) < 4.78 is 37.1. The van der Waals surface area contributed by atoms with E-state index in [4.69, 9.17) is 10.8 Å². The molecule has 1 aromatic rings. The van der Waals surface area contributed by atoms with Crippen molar-refractivity contribution in [2.75, 3.05) is 0 Å². The van der Waals surface area contributed by atoms with Crippen LogP contribution in [0.25, 0.3) is 0 Å². The molecule has 9 heteroatoms. The fraction of sp³-hybridized carbons (Fsp3) is 0.250. The fourth-order valence-corrected chi connectivity index (χ4v) is 1.45. The highest BCUT2D eigenvalue weighted by atomic mass is 19.4. The lowest BCUT2D eigenvalue weighted by Gasteiger charge is -2.13. The van der Waals surface area contributed by atoms with Gasteiger partial charge in [-0.05, 0) is 24.3 Å². The van der Waals surface area contributed by atoms with E-state index >= 15 is 0 Å². The summed E-state index contributed by atoms with van der Waals surface area (Å²) >= 11 is 0. The minimum absolute atomic E-state index is 0.168. The molecule has 2 amide bonds. The molecule has 1 rings (SSSR count). The Bertz CT molecular complexity index is 555. The lowest BCUT2D eigenvalue weighted by Crippen LogP contribution is -2.43. The van der Waals surface area contributed by atoms with Gasteiger partial charge >= 0.3 is 12.1 Å². The monoisotopic (exact) mass is 304 g/mol. The summed E-state index contributed by atoms with van der Waals surface area (Å²) in [5.41, 5.74) is 3.73. The lowest BCUT2D eigenvalue weighted by molar-refractivity contribution is -0.141. The molecule has 0 heterocycles. The molecule has 0 spiro atoms. The number of carboxylic acid groups (broad SMARTS) is 1. The van der Waals surface area contributed by atoms with Crippen molar-refractivity contribution in [1.82, 2.24) is 5.32 Å². The van der Waals surface area contributed by atoms with Gasteiger partial charge in [0, 0.05) is 5.56 Å². The molecule has 0 aliphatic rings. The van der Waals surface area contributed by atoms with Gasteiger partial charge in [-0.25, -0.2) is 4.79 Å². The summed E-state index contributed by atoms with van der Waals surface area (Å²) in [5.74, 6) is -3.33. The molecule has 6 nitrogen and oxygen atoms in total. The first-order valence-corrected chi connectivity index (χ1v) is 5.60. The number of carbonyl (C=O) groups excluding carboxylic acids is 2. The fourth-order valence-electron chi connectivity index (χ4n) is 1.45. The van der Waals surface area contributed by atoms with Gasteiger partial charge in [0.2, 0.25) is 5.91 Å². The van der Waals surface area contributed by atoms with Crippen LogP contribution in [0.4, 0.5) is 13.2 Å². The molecule has 0 bridgehead atoms. The van der Waals surface area contributed by atoms with E-state index in [-0.39, 0.29) is 5.56 Å². The highest BCUT2D eigenvalue weighted by Gasteiger charge is 2.30. The Morgan fingerprint density at radius 3 is 2.10 bits per heavy atom. The number of nitrogens with one attached hydrogen (secondary N) is 1. The van der Waals surface area contributed by atoms with E-state index in [0.717, 1.165) is 12.1 Å². The summed E-state index contributed by atoms with van der Waals surface area (Å²) in [4.78, 5) is 33.2. The standard InChI is InChI=1S/C12H11F3N2O4/c13-12(14,15)7-3-1-6(2-4-7)10(19)17-8(11(20)21)5-9(16)18/h1-4,8H,5H2,(H2,16,18)(H,17,19)(H,20,21)/t8-/m0/s1. The summed E-state index contributed by atoms with van der Waals surface area (Å²) in [5, 5.41) is 10.8. The van der Waals surface area contributed by atoms with E-state index < -0.39 is 42.0 Å². The van der Waals surface area contributed by atoms with Crippen molar-refractivity contribution in [3.05, 3.63) is 35.4 Å². The first kappa shape index (κ1) is 16.5. The molecule has 0 aromatic heterocycles. The molecule has 21 heavy (non-hydrogen) atoms. The van der Waals surface area contributed by atoms with Crippen LogP contribution in [0.3, 0.4) is 0 Å². The number of rotatable bonds is 5. The summed E-state index contributed by atoms with van der Waals surface area (Å²) in [6, 6.07) is 1.65. The maximum absolute atomic E-state index is 12.4. The molecule has 0 saturated heterocycles. The number of hydrogen-bond acceptors (Lipinski definition) is 3. The maximum atomic E-state index is 12.4. The van der Waals surface area contributed by atoms with Gasteiger partial charge in [-0.3, -0.25) is 9.59 Å². The second-order valence-electron chi connectivity index (χ2n) is 4.11. The van der Waals surface area contributed by atoms with Crippen LogP contribution < -0.4 is 11.1 Å². The lowest BCUT2D eigenvalue weighted by atomic mass is 10.1. The number of benzene rings is 1. The van der Waals surface area contributed by atoms with Crippen LogP contribution in [0.15, 0.2) is 24.3 Å². The van der Waals surface area contributed by atoms with Crippen LogP contribution in [-0.2, 0) is 15.8 Å². The minimum atomic E-state index is -4.54. The molecule has 0 radical (unpaired) electrons. The second kappa shape index (κ2) is 6.25. The van der Waals surface area contributed by atoms with Crippen LogP contribution in [0.1, 0.15) is 22.3 Å². The van der Waals surface area contributed by atoms with E-state index in [9.17, 15) is 27.6 Å². The van der Waals surface area contributed by atoms with Crippen molar-refractivity contribution in [1.29, 1.82) is 0 Å². The SMILES string of the molecule is NC(=O)C[C@H](NC(=O)c1ccc(C(F)(F)F)cc1)C(=O)O. The Hall–Kier alpha value is -2.58. The van der Waals surface area contributed by atoms with E-state index in [0.29, 0.717) is 12.1 Å². The third-order valence-corrected chi connectivity index (χ3v) is 2.48. The first-order valence-electron chi connectivity index (χ1n) is 5.60.